The lowest BCUT2D eigenvalue weighted by atomic mass is 10.0. The molecular weight excluding hydrogens is 342 g/mol. The minimum Gasteiger partial charge on any atom is -0.341 e. The summed E-state index contributed by atoms with van der Waals surface area (Å²) in [7, 11) is 0. The summed E-state index contributed by atoms with van der Waals surface area (Å²) in [6.45, 7) is 2.16. The zero-order valence-electron chi connectivity index (χ0n) is 14.4. The normalized spacial score (nSPS) is 12.0. The Labute approximate surface area is 156 Å². The molecule has 0 unspecified atom stereocenters. The smallest absolute Gasteiger partial charge is 0.248 e. The quantitative estimate of drug-likeness (QED) is 0.550. The summed E-state index contributed by atoms with van der Waals surface area (Å²) in [4.78, 5) is 1.22. The van der Waals surface area contributed by atoms with Crippen LogP contribution in [0.5, 0.6) is 0 Å². The monoisotopic (exact) mass is 361 g/mol. The molecule has 1 N–H and O–H groups in total. The highest BCUT2D eigenvalue weighted by Crippen LogP contribution is 2.30. The molecule has 26 heavy (non-hydrogen) atoms. The number of nitrogens with one attached hydrogen (secondary N) is 1. The van der Waals surface area contributed by atoms with Gasteiger partial charge in [-0.2, -0.15) is 4.68 Å². The van der Waals surface area contributed by atoms with E-state index in [0.29, 0.717) is 5.95 Å². The van der Waals surface area contributed by atoms with Gasteiger partial charge < -0.3 is 5.32 Å². The first-order valence-corrected chi connectivity index (χ1v) is 9.45. The number of thiophene rings is 1. The summed E-state index contributed by atoms with van der Waals surface area (Å²) in [5.74, 6) is 0.620. The van der Waals surface area contributed by atoms with Crippen molar-refractivity contribution in [2.75, 3.05) is 5.32 Å². The molecule has 0 aliphatic carbocycles. The Balaban J connectivity index is 1.69. The van der Waals surface area contributed by atoms with Crippen LogP contribution in [0.4, 0.5) is 5.95 Å². The van der Waals surface area contributed by atoms with E-state index < -0.39 is 0 Å². The van der Waals surface area contributed by atoms with Crippen molar-refractivity contribution in [1.29, 1.82) is 0 Å². The molecular formula is C20H19N5S. The number of nitrogens with zero attached hydrogens (tertiary/aromatic N) is 4. The second kappa shape index (κ2) is 7.49. The number of hydrogen-bond acceptors (Lipinski definition) is 5. The minimum atomic E-state index is -0.00521. The van der Waals surface area contributed by atoms with E-state index in [-0.39, 0.29) is 6.04 Å². The van der Waals surface area contributed by atoms with Crippen LogP contribution >= 0.6 is 11.3 Å². The van der Waals surface area contributed by atoms with Gasteiger partial charge in [-0.3, -0.25) is 0 Å². The Kier molecular flexibility index (Phi) is 4.75. The van der Waals surface area contributed by atoms with Crippen LogP contribution in [0.3, 0.4) is 0 Å². The van der Waals surface area contributed by atoms with Crippen molar-refractivity contribution in [2.45, 2.75) is 19.4 Å². The zero-order chi connectivity index (χ0) is 17.8. The molecule has 2 heterocycles. The standard InChI is InChI=1S/C20H19N5S/c1-2-15-10-12-16(13-11-15)19(18-9-6-14-26-18)21-20-22-23-24-25(20)17-7-4-3-5-8-17/h3-14,19H,2H2,1H3,(H,21,22,24)/t19-/m0/s1. The fourth-order valence-corrected chi connectivity index (χ4v) is 3.67. The highest BCUT2D eigenvalue weighted by Gasteiger charge is 2.19. The number of aromatic nitrogens is 4. The Morgan fingerprint density at radius 1 is 1.00 bits per heavy atom. The lowest BCUT2D eigenvalue weighted by Gasteiger charge is -2.19. The van der Waals surface area contributed by atoms with Crippen LogP contribution < -0.4 is 5.32 Å². The van der Waals surface area contributed by atoms with Gasteiger partial charge in [0.1, 0.15) is 0 Å². The maximum absolute atomic E-state index is 4.20. The number of hydrogen-bond donors (Lipinski definition) is 1. The summed E-state index contributed by atoms with van der Waals surface area (Å²) < 4.78 is 1.72. The Bertz CT molecular complexity index is 946. The molecule has 2 aromatic carbocycles. The molecule has 0 fully saturated rings. The predicted octanol–water partition coefficient (Wildman–Crippen LogP) is 4.49. The summed E-state index contributed by atoms with van der Waals surface area (Å²) in [6.07, 6.45) is 1.03. The Morgan fingerprint density at radius 2 is 1.81 bits per heavy atom. The minimum absolute atomic E-state index is 0.00521. The summed E-state index contributed by atoms with van der Waals surface area (Å²) >= 11 is 1.72. The van der Waals surface area contributed by atoms with Gasteiger partial charge in [-0.25, -0.2) is 0 Å². The van der Waals surface area contributed by atoms with Crippen molar-refractivity contribution >= 4 is 17.3 Å². The third-order valence-electron chi connectivity index (χ3n) is 4.29. The largest absolute Gasteiger partial charge is 0.341 e. The van der Waals surface area contributed by atoms with Gasteiger partial charge in [-0.15, -0.1) is 11.3 Å². The second-order valence-corrected chi connectivity index (χ2v) is 6.92. The molecule has 2 aromatic heterocycles. The van der Waals surface area contributed by atoms with Gasteiger partial charge >= 0.3 is 0 Å². The first kappa shape index (κ1) is 16.5. The van der Waals surface area contributed by atoms with Gasteiger partial charge in [-0.1, -0.05) is 60.6 Å². The number of anilines is 1. The van der Waals surface area contributed by atoms with E-state index in [1.807, 2.05) is 30.3 Å². The molecule has 0 amide bonds. The van der Waals surface area contributed by atoms with Gasteiger partial charge in [0.15, 0.2) is 0 Å². The van der Waals surface area contributed by atoms with Crippen LogP contribution in [-0.4, -0.2) is 20.2 Å². The highest BCUT2D eigenvalue weighted by molar-refractivity contribution is 7.10. The lowest BCUT2D eigenvalue weighted by Crippen LogP contribution is -2.15. The molecule has 0 bridgehead atoms. The molecule has 1 atom stereocenters. The molecule has 0 saturated carbocycles. The van der Waals surface area contributed by atoms with E-state index in [2.05, 4.69) is 69.5 Å². The van der Waals surface area contributed by atoms with Crippen molar-refractivity contribution in [3.8, 4) is 5.69 Å². The van der Waals surface area contributed by atoms with Crippen molar-refractivity contribution in [1.82, 2.24) is 20.2 Å². The molecule has 0 aliphatic rings. The van der Waals surface area contributed by atoms with E-state index in [1.54, 1.807) is 16.0 Å². The van der Waals surface area contributed by atoms with Crippen molar-refractivity contribution in [3.05, 3.63) is 88.1 Å². The predicted molar refractivity (Wildman–Crippen MR) is 105 cm³/mol. The van der Waals surface area contributed by atoms with Crippen LogP contribution in [0.25, 0.3) is 5.69 Å². The van der Waals surface area contributed by atoms with E-state index >= 15 is 0 Å². The lowest BCUT2D eigenvalue weighted by molar-refractivity contribution is 0.786. The molecule has 4 aromatic rings. The number of para-hydroxylation sites is 1. The number of rotatable bonds is 6. The fraction of sp³-hybridized carbons (Fsp3) is 0.150. The fourth-order valence-electron chi connectivity index (χ4n) is 2.87. The average molecular weight is 361 g/mol. The topological polar surface area (TPSA) is 55.6 Å². The average Bonchev–Trinajstić information content (AvgIpc) is 3.39. The van der Waals surface area contributed by atoms with E-state index in [1.165, 1.54) is 16.0 Å². The first-order valence-electron chi connectivity index (χ1n) is 8.57. The van der Waals surface area contributed by atoms with Gasteiger partial charge in [-0.05, 0) is 51.6 Å². The van der Waals surface area contributed by atoms with Crippen LogP contribution in [0.15, 0.2) is 72.1 Å². The molecule has 6 heteroatoms. The molecule has 0 saturated heterocycles. The van der Waals surface area contributed by atoms with E-state index in [9.17, 15) is 0 Å². The summed E-state index contributed by atoms with van der Waals surface area (Å²) in [5.41, 5.74) is 3.44. The van der Waals surface area contributed by atoms with Crippen molar-refractivity contribution in [3.63, 3.8) is 0 Å². The molecule has 130 valence electrons. The van der Waals surface area contributed by atoms with Gasteiger partial charge in [0.2, 0.25) is 5.95 Å². The Morgan fingerprint density at radius 3 is 2.50 bits per heavy atom. The van der Waals surface area contributed by atoms with E-state index in [0.717, 1.165) is 12.1 Å². The van der Waals surface area contributed by atoms with Gasteiger partial charge in [0, 0.05) is 4.88 Å². The maximum Gasteiger partial charge on any atom is 0.248 e. The van der Waals surface area contributed by atoms with Crippen molar-refractivity contribution < 1.29 is 0 Å². The number of benzene rings is 2. The first-order chi connectivity index (χ1) is 12.8. The molecule has 5 nitrogen and oxygen atoms in total. The number of aryl methyl sites for hydroxylation is 1. The van der Waals surface area contributed by atoms with Crippen LogP contribution in [0.1, 0.15) is 29.0 Å². The van der Waals surface area contributed by atoms with Crippen LogP contribution in [0.2, 0.25) is 0 Å². The Hall–Kier alpha value is -2.99. The molecule has 0 spiro atoms. The molecule has 0 aliphatic heterocycles. The molecule has 0 radical (unpaired) electrons. The zero-order valence-corrected chi connectivity index (χ0v) is 15.2. The van der Waals surface area contributed by atoms with Crippen LogP contribution in [0, 0.1) is 0 Å². The second-order valence-electron chi connectivity index (χ2n) is 5.94. The summed E-state index contributed by atoms with van der Waals surface area (Å²) in [5, 5.41) is 17.8. The third-order valence-corrected chi connectivity index (χ3v) is 5.23. The van der Waals surface area contributed by atoms with Gasteiger partial charge in [0.25, 0.3) is 0 Å². The number of tetrazole rings is 1. The maximum atomic E-state index is 4.20. The van der Waals surface area contributed by atoms with Crippen LogP contribution in [-0.2, 0) is 6.42 Å². The van der Waals surface area contributed by atoms with E-state index in [4.69, 9.17) is 0 Å². The summed E-state index contributed by atoms with van der Waals surface area (Å²) in [6, 6.07) is 22.8. The highest BCUT2D eigenvalue weighted by atomic mass is 32.1. The SMILES string of the molecule is CCc1ccc([C@H](Nc2nnnn2-c2ccccc2)c2cccs2)cc1. The van der Waals surface area contributed by atoms with Crippen molar-refractivity contribution in [2.24, 2.45) is 0 Å². The van der Waals surface area contributed by atoms with Gasteiger partial charge in [0.05, 0.1) is 11.7 Å². The molecule has 4 rings (SSSR count). The third kappa shape index (κ3) is 3.36.